The van der Waals surface area contributed by atoms with Crippen molar-refractivity contribution in [1.29, 1.82) is 0 Å². The average molecular weight is 259 g/mol. The zero-order chi connectivity index (χ0) is 13.6. The number of nitrogens with zero attached hydrogens (tertiary/aromatic N) is 3. The van der Waals surface area contributed by atoms with Crippen molar-refractivity contribution in [3.8, 4) is 0 Å². The predicted molar refractivity (Wildman–Crippen MR) is 70.9 cm³/mol. The van der Waals surface area contributed by atoms with Gasteiger partial charge in [0.1, 0.15) is 16.9 Å². The van der Waals surface area contributed by atoms with E-state index in [4.69, 9.17) is 0 Å². The highest BCUT2D eigenvalue weighted by atomic mass is 16.3. The zero-order valence-electron chi connectivity index (χ0n) is 11.1. The molecule has 100 valence electrons. The summed E-state index contributed by atoms with van der Waals surface area (Å²) < 4.78 is 1.82. The van der Waals surface area contributed by atoms with Gasteiger partial charge in [-0.2, -0.15) is 0 Å². The number of aromatic nitrogens is 2. The number of pyridine rings is 1. The molecule has 1 aliphatic heterocycles. The number of β-amino-alcohol motifs (C(OH)–C–C–N with tert-alkyl or cyclic N) is 1. The van der Waals surface area contributed by atoms with Crippen LogP contribution in [0.4, 0.5) is 0 Å². The Kier molecular flexibility index (Phi) is 2.60. The lowest BCUT2D eigenvalue weighted by Crippen LogP contribution is -2.66. The highest BCUT2D eigenvalue weighted by Crippen LogP contribution is 2.29. The highest BCUT2D eigenvalue weighted by Gasteiger charge is 2.46. The summed E-state index contributed by atoms with van der Waals surface area (Å²) in [6, 6.07) is 5.64. The van der Waals surface area contributed by atoms with Gasteiger partial charge in [-0.05, 0) is 18.1 Å². The van der Waals surface area contributed by atoms with E-state index in [-0.39, 0.29) is 11.8 Å². The minimum absolute atomic E-state index is 0.117. The molecule has 1 N–H and O–H groups in total. The smallest absolute Gasteiger partial charge is 0.274 e. The molecule has 2 aromatic rings. The van der Waals surface area contributed by atoms with Gasteiger partial charge in [0.2, 0.25) is 0 Å². The Labute approximate surface area is 111 Å². The summed E-state index contributed by atoms with van der Waals surface area (Å²) in [6.07, 6.45) is 3.59. The van der Waals surface area contributed by atoms with Crippen LogP contribution in [0.25, 0.3) is 5.65 Å². The van der Waals surface area contributed by atoms with E-state index in [1.54, 1.807) is 11.1 Å². The SMILES string of the molecule is CC(C)C1(O)CN(C(=O)c2cn3ccccc3n2)C1. The van der Waals surface area contributed by atoms with Crippen molar-refractivity contribution in [1.82, 2.24) is 14.3 Å². The molecule has 0 unspecified atom stereocenters. The molecular formula is C14H17N3O2. The van der Waals surface area contributed by atoms with Crippen LogP contribution in [0, 0.1) is 5.92 Å². The monoisotopic (exact) mass is 259 g/mol. The van der Waals surface area contributed by atoms with E-state index in [0.29, 0.717) is 18.8 Å². The topological polar surface area (TPSA) is 57.8 Å². The van der Waals surface area contributed by atoms with Crippen molar-refractivity contribution in [2.24, 2.45) is 5.92 Å². The van der Waals surface area contributed by atoms with E-state index in [1.807, 2.05) is 42.6 Å². The molecule has 5 nitrogen and oxygen atoms in total. The van der Waals surface area contributed by atoms with Crippen LogP contribution in [0.15, 0.2) is 30.6 Å². The molecule has 0 aromatic carbocycles. The van der Waals surface area contributed by atoms with Gasteiger partial charge in [0.05, 0.1) is 13.1 Å². The van der Waals surface area contributed by atoms with Crippen molar-refractivity contribution >= 4 is 11.6 Å². The summed E-state index contributed by atoms with van der Waals surface area (Å²) in [7, 11) is 0. The molecule has 0 bridgehead atoms. The number of fused-ring (bicyclic) bond motifs is 1. The molecule has 3 rings (SSSR count). The molecule has 2 aromatic heterocycles. The quantitative estimate of drug-likeness (QED) is 0.881. The second-order valence-corrected chi connectivity index (χ2v) is 5.51. The lowest BCUT2D eigenvalue weighted by molar-refractivity contribution is -0.111. The summed E-state index contributed by atoms with van der Waals surface area (Å²) in [5, 5.41) is 10.2. The van der Waals surface area contributed by atoms with E-state index < -0.39 is 5.60 Å². The maximum absolute atomic E-state index is 12.2. The Hall–Kier alpha value is -1.88. The number of aliphatic hydroxyl groups is 1. The van der Waals surface area contributed by atoms with E-state index in [0.717, 1.165) is 5.65 Å². The Balaban J connectivity index is 1.79. The standard InChI is InChI=1S/C14H17N3O2/c1-10(2)14(19)8-17(9-14)13(18)11-7-16-6-4-3-5-12(16)15-11/h3-7,10,19H,8-9H2,1-2H3. The zero-order valence-corrected chi connectivity index (χ0v) is 11.1. The largest absolute Gasteiger partial charge is 0.386 e. The number of likely N-dealkylation sites (tertiary alicyclic amines) is 1. The van der Waals surface area contributed by atoms with Crippen LogP contribution in [0.2, 0.25) is 0 Å². The summed E-state index contributed by atoms with van der Waals surface area (Å²) in [4.78, 5) is 18.2. The maximum Gasteiger partial charge on any atom is 0.274 e. The number of imidazole rings is 1. The molecule has 0 atom stereocenters. The molecule has 0 saturated carbocycles. The van der Waals surface area contributed by atoms with Gasteiger partial charge < -0.3 is 14.4 Å². The molecular weight excluding hydrogens is 242 g/mol. The molecule has 1 amide bonds. The number of carbonyl (C=O) groups is 1. The summed E-state index contributed by atoms with van der Waals surface area (Å²) >= 11 is 0. The molecule has 3 heterocycles. The van der Waals surface area contributed by atoms with Gasteiger partial charge in [-0.15, -0.1) is 0 Å². The second-order valence-electron chi connectivity index (χ2n) is 5.51. The van der Waals surface area contributed by atoms with Gasteiger partial charge in [-0.3, -0.25) is 4.79 Å². The molecule has 0 radical (unpaired) electrons. The Morgan fingerprint density at radius 1 is 1.42 bits per heavy atom. The molecule has 5 heteroatoms. The summed E-state index contributed by atoms with van der Waals surface area (Å²) in [6.45, 7) is 4.70. The van der Waals surface area contributed by atoms with Crippen LogP contribution < -0.4 is 0 Å². The van der Waals surface area contributed by atoms with Crippen molar-refractivity contribution in [3.63, 3.8) is 0 Å². The van der Waals surface area contributed by atoms with Crippen LogP contribution in [-0.2, 0) is 0 Å². The normalized spacial score (nSPS) is 17.8. The predicted octanol–water partition coefficient (Wildman–Crippen LogP) is 1.18. The summed E-state index contributed by atoms with van der Waals surface area (Å²) in [5.41, 5.74) is 0.442. The van der Waals surface area contributed by atoms with Crippen LogP contribution in [0.1, 0.15) is 24.3 Å². The fourth-order valence-corrected chi connectivity index (χ4v) is 2.32. The van der Waals surface area contributed by atoms with Crippen molar-refractivity contribution in [2.75, 3.05) is 13.1 Å². The van der Waals surface area contributed by atoms with E-state index in [1.165, 1.54) is 0 Å². The Bertz CT molecular complexity index is 593. The molecule has 19 heavy (non-hydrogen) atoms. The average Bonchev–Trinajstić information content (AvgIpc) is 2.77. The molecule has 1 aliphatic rings. The van der Waals surface area contributed by atoms with E-state index >= 15 is 0 Å². The lowest BCUT2D eigenvalue weighted by Gasteiger charge is -2.48. The first-order valence-electron chi connectivity index (χ1n) is 6.45. The van der Waals surface area contributed by atoms with Gasteiger partial charge in [0.25, 0.3) is 5.91 Å². The number of rotatable bonds is 2. The van der Waals surface area contributed by atoms with Gasteiger partial charge in [0, 0.05) is 12.4 Å². The van der Waals surface area contributed by atoms with Gasteiger partial charge in [0.15, 0.2) is 0 Å². The van der Waals surface area contributed by atoms with Crippen LogP contribution in [-0.4, -0.2) is 44.0 Å². The first kappa shape index (κ1) is 12.2. The van der Waals surface area contributed by atoms with Gasteiger partial charge in [-0.25, -0.2) is 4.98 Å². The minimum Gasteiger partial charge on any atom is -0.386 e. The number of amides is 1. The molecule has 1 saturated heterocycles. The summed E-state index contributed by atoms with van der Waals surface area (Å²) in [5.74, 6) is 0.0339. The lowest BCUT2D eigenvalue weighted by atomic mass is 9.83. The highest BCUT2D eigenvalue weighted by molar-refractivity contribution is 5.93. The van der Waals surface area contributed by atoms with E-state index in [2.05, 4.69) is 4.98 Å². The second kappa shape index (κ2) is 4.06. The van der Waals surface area contributed by atoms with Crippen LogP contribution in [0.5, 0.6) is 0 Å². The molecule has 0 spiro atoms. The number of hydrogen-bond acceptors (Lipinski definition) is 3. The number of carbonyl (C=O) groups excluding carboxylic acids is 1. The number of hydrogen-bond donors (Lipinski definition) is 1. The first-order chi connectivity index (χ1) is 8.99. The van der Waals surface area contributed by atoms with E-state index in [9.17, 15) is 9.90 Å². The third-order valence-corrected chi connectivity index (χ3v) is 3.87. The maximum atomic E-state index is 12.2. The molecule has 1 fully saturated rings. The fourth-order valence-electron chi connectivity index (χ4n) is 2.32. The van der Waals surface area contributed by atoms with Crippen molar-refractivity contribution in [3.05, 3.63) is 36.3 Å². The van der Waals surface area contributed by atoms with Crippen LogP contribution >= 0.6 is 0 Å². The Morgan fingerprint density at radius 2 is 2.16 bits per heavy atom. The molecule has 0 aliphatic carbocycles. The van der Waals surface area contributed by atoms with Crippen molar-refractivity contribution < 1.29 is 9.90 Å². The van der Waals surface area contributed by atoms with Crippen molar-refractivity contribution in [2.45, 2.75) is 19.4 Å². The van der Waals surface area contributed by atoms with Gasteiger partial charge in [-0.1, -0.05) is 19.9 Å². The first-order valence-corrected chi connectivity index (χ1v) is 6.45. The minimum atomic E-state index is -0.741. The third-order valence-electron chi connectivity index (χ3n) is 3.87. The third kappa shape index (κ3) is 1.90. The fraction of sp³-hybridized carbons (Fsp3) is 0.429. The Morgan fingerprint density at radius 3 is 2.79 bits per heavy atom. The van der Waals surface area contributed by atoms with Gasteiger partial charge >= 0.3 is 0 Å². The van der Waals surface area contributed by atoms with Crippen LogP contribution in [0.3, 0.4) is 0 Å².